The number of nitrogens with one attached hydrogen (secondary N) is 1. The predicted molar refractivity (Wildman–Crippen MR) is 98.8 cm³/mol. The molecule has 1 saturated heterocycles. The van der Waals surface area contributed by atoms with Gasteiger partial charge in [0, 0.05) is 24.8 Å². The quantitative estimate of drug-likeness (QED) is 0.853. The van der Waals surface area contributed by atoms with Crippen molar-refractivity contribution in [2.45, 2.75) is 50.8 Å². The molecule has 1 aliphatic heterocycles. The topological polar surface area (TPSA) is 93.0 Å². The molecule has 0 bridgehead atoms. The van der Waals surface area contributed by atoms with Crippen molar-refractivity contribution >= 4 is 15.8 Å². The molecular formula is C17H24N6O2S. The van der Waals surface area contributed by atoms with Crippen molar-refractivity contribution in [3.05, 3.63) is 29.8 Å². The molecule has 3 heterocycles. The largest absolute Gasteiger partial charge is 0.366 e. The van der Waals surface area contributed by atoms with Crippen molar-refractivity contribution in [2.75, 3.05) is 18.4 Å². The molecule has 2 aromatic heterocycles. The minimum absolute atomic E-state index is 0.129. The molecule has 2 aromatic rings. The van der Waals surface area contributed by atoms with E-state index in [9.17, 15) is 8.42 Å². The number of anilines is 1. The van der Waals surface area contributed by atoms with Crippen molar-refractivity contribution in [1.29, 1.82) is 0 Å². The summed E-state index contributed by atoms with van der Waals surface area (Å²) in [4.78, 5) is 8.88. The summed E-state index contributed by atoms with van der Waals surface area (Å²) in [5.41, 5.74) is 1.94. The van der Waals surface area contributed by atoms with E-state index in [2.05, 4.69) is 20.4 Å². The summed E-state index contributed by atoms with van der Waals surface area (Å²) in [6.07, 6.45) is 6.57. The number of rotatable bonds is 5. The van der Waals surface area contributed by atoms with E-state index in [0.717, 1.165) is 37.1 Å². The van der Waals surface area contributed by atoms with Crippen LogP contribution in [0.2, 0.25) is 0 Å². The number of sulfonamides is 1. The van der Waals surface area contributed by atoms with Gasteiger partial charge >= 0.3 is 0 Å². The normalized spacial score (nSPS) is 19.6. The van der Waals surface area contributed by atoms with E-state index < -0.39 is 10.0 Å². The summed E-state index contributed by atoms with van der Waals surface area (Å²) in [5, 5.41) is 7.71. The zero-order chi connectivity index (χ0) is 18.3. The average molecular weight is 376 g/mol. The Morgan fingerprint density at radius 1 is 1.12 bits per heavy atom. The lowest BCUT2D eigenvalue weighted by Gasteiger charge is -2.31. The molecule has 9 heteroatoms. The van der Waals surface area contributed by atoms with Gasteiger partial charge in [0.25, 0.3) is 0 Å². The summed E-state index contributed by atoms with van der Waals surface area (Å²) in [6.45, 7) is 5.07. The first kappa shape index (κ1) is 17.4. The minimum atomic E-state index is -3.06. The van der Waals surface area contributed by atoms with Gasteiger partial charge in [-0.15, -0.1) is 0 Å². The fourth-order valence-corrected chi connectivity index (χ4v) is 5.30. The monoisotopic (exact) mass is 376 g/mol. The molecule has 0 aromatic carbocycles. The zero-order valence-electron chi connectivity index (χ0n) is 15.1. The highest BCUT2D eigenvalue weighted by atomic mass is 32.2. The molecule has 0 radical (unpaired) electrons. The fraction of sp³-hybridized carbons (Fsp3) is 0.588. The van der Waals surface area contributed by atoms with Crippen LogP contribution in [0, 0.1) is 13.8 Å². The molecule has 2 fully saturated rings. The van der Waals surface area contributed by atoms with Gasteiger partial charge < -0.3 is 5.32 Å². The number of hydrogen-bond donors (Lipinski definition) is 1. The van der Waals surface area contributed by atoms with Crippen LogP contribution in [-0.2, 0) is 10.0 Å². The van der Waals surface area contributed by atoms with Crippen molar-refractivity contribution in [3.8, 4) is 5.82 Å². The Bertz CT molecular complexity index is 898. The molecule has 140 valence electrons. The van der Waals surface area contributed by atoms with Crippen LogP contribution in [-0.4, -0.2) is 56.9 Å². The predicted octanol–water partition coefficient (Wildman–Crippen LogP) is 1.65. The van der Waals surface area contributed by atoms with Gasteiger partial charge in [-0.2, -0.15) is 5.10 Å². The van der Waals surface area contributed by atoms with Gasteiger partial charge in [0.05, 0.1) is 23.3 Å². The van der Waals surface area contributed by atoms with Crippen molar-refractivity contribution in [1.82, 2.24) is 24.1 Å². The molecule has 1 N–H and O–H groups in total. The molecule has 4 rings (SSSR count). The fourth-order valence-electron chi connectivity index (χ4n) is 3.43. The molecule has 26 heavy (non-hydrogen) atoms. The number of aromatic nitrogens is 4. The van der Waals surface area contributed by atoms with Crippen LogP contribution in [0.5, 0.6) is 0 Å². The molecular weight excluding hydrogens is 352 g/mol. The van der Waals surface area contributed by atoms with Gasteiger partial charge in [-0.3, -0.25) is 4.98 Å². The Labute approximate surface area is 153 Å². The molecule has 1 saturated carbocycles. The lowest BCUT2D eigenvalue weighted by molar-refractivity contribution is 0.329. The van der Waals surface area contributed by atoms with Crippen molar-refractivity contribution in [2.24, 2.45) is 0 Å². The van der Waals surface area contributed by atoms with Crippen LogP contribution in [0.4, 0.5) is 5.82 Å². The highest BCUT2D eigenvalue weighted by Crippen LogP contribution is 2.32. The molecule has 1 aliphatic carbocycles. The highest BCUT2D eigenvalue weighted by Gasteiger charge is 2.41. The molecule has 0 atom stereocenters. The van der Waals surface area contributed by atoms with Crippen LogP contribution in [0.1, 0.15) is 37.1 Å². The maximum absolute atomic E-state index is 12.3. The van der Waals surface area contributed by atoms with Crippen LogP contribution in [0.25, 0.3) is 5.82 Å². The summed E-state index contributed by atoms with van der Waals surface area (Å²) in [7, 11) is -3.06. The van der Waals surface area contributed by atoms with Crippen molar-refractivity contribution < 1.29 is 8.42 Å². The third kappa shape index (κ3) is 3.45. The second-order valence-electron chi connectivity index (χ2n) is 7.16. The Morgan fingerprint density at radius 2 is 1.85 bits per heavy atom. The summed E-state index contributed by atoms with van der Waals surface area (Å²) >= 11 is 0. The van der Waals surface area contributed by atoms with Crippen LogP contribution in [0.15, 0.2) is 18.5 Å². The highest BCUT2D eigenvalue weighted by molar-refractivity contribution is 7.90. The molecule has 0 unspecified atom stereocenters. The number of hydrogen-bond acceptors (Lipinski definition) is 6. The lowest BCUT2D eigenvalue weighted by atomic mass is 10.1. The molecule has 8 nitrogen and oxygen atoms in total. The van der Waals surface area contributed by atoms with E-state index in [-0.39, 0.29) is 11.3 Å². The Morgan fingerprint density at radius 3 is 2.46 bits per heavy atom. The van der Waals surface area contributed by atoms with E-state index in [1.807, 2.05) is 19.9 Å². The first-order valence-electron chi connectivity index (χ1n) is 9.04. The number of aryl methyl sites for hydroxylation is 2. The Balaban J connectivity index is 1.41. The lowest BCUT2D eigenvalue weighted by Crippen LogP contribution is -2.43. The summed E-state index contributed by atoms with van der Waals surface area (Å²) < 4.78 is 28.1. The number of piperidine rings is 1. The van der Waals surface area contributed by atoms with Gasteiger partial charge in [0.2, 0.25) is 10.0 Å². The summed E-state index contributed by atoms with van der Waals surface area (Å²) in [5.74, 6) is 1.37. The van der Waals surface area contributed by atoms with E-state index >= 15 is 0 Å². The minimum Gasteiger partial charge on any atom is -0.366 e. The van der Waals surface area contributed by atoms with E-state index in [1.54, 1.807) is 21.4 Å². The van der Waals surface area contributed by atoms with Gasteiger partial charge in [-0.25, -0.2) is 22.4 Å². The zero-order valence-corrected chi connectivity index (χ0v) is 15.9. The van der Waals surface area contributed by atoms with Gasteiger partial charge in [-0.05, 0) is 45.6 Å². The summed E-state index contributed by atoms with van der Waals surface area (Å²) in [6, 6.07) is 2.20. The maximum Gasteiger partial charge on any atom is 0.216 e. The van der Waals surface area contributed by atoms with Gasteiger partial charge in [0.1, 0.15) is 5.82 Å². The molecule has 2 aliphatic rings. The standard InChI is InChI=1S/C17H24N6O2S/c1-12-9-13(2)23(21-12)17-11-18-10-16(20-17)19-14-5-7-22(8-6-14)26(24,25)15-3-4-15/h9-11,14-15H,3-8H2,1-2H3,(H,19,20). The van der Waals surface area contributed by atoms with Crippen molar-refractivity contribution in [3.63, 3.8) is 0 Å². The molecule has 0 amide bonds. The smallest absolute Gasteiger partial charge is 0.216 e. The van der Waals surface area contributed by atoms with E-state index in [1.165, 1.54) is 0 Å². The van der Waals surface area contributed by atoms with E-state index in [0.29, 0.717) is 24.7 Å². The first-order valence-corrected chi connectivity index (χ1v) is 10.5. The first-order chi connectivity index (χ1) is 12.4. The second-order valence-corrected chi connectivity index (χ2v) is 9.38. The Kier molecular flexibility index (Phi) is 4.44. The van der Waals surface area contributed by atoms with Crippen LogP contribution >= 0.6 is 0 Å². The van der Waals surface area contributed by atoms with Crippen LogP contribution < -0.4 is 5.32 Å². The maximum atomic E-state index is 12.3. The second kappa shape index (κ2) is 6.62. The number of nitrogens with zero attached hydrogens (tertiary/aromatic N) is 5. The van der Waals surface area contributed by atoms with E-state index in [4.69, 9.17) is 0 Å². The van der Waals surface area contributed by atoms with Gasteiger partial charge in [-0.1, -0.05) is 0 Å². The third-order valence-corrected chi connectivity index (χ3v) is 7.36. The SMILES string of the molecule is Cc1cc(C)n(-c2cncc(NC3CCN(S(=O)(=O)C4CC4)CC3)n2)n1. The van der Waals surface area contributed by atoms with Gasteiger partial charge in [0.15, 0.2) is 5.82 Å². The Hall–Kier alpha value is -2.00. The van der Waals surface area contributed by atoms with Crippen LogP contribution in [0.3, 0.4) is 0 Å². The third-order valence-electron chi connectivity index (χ3n) is 4.96. The molecule has 0 spiro atoms. The average Bonchev–Trinajstić information content (AvgIpc) is 3.41.